The van der Waals surface area contributed by atoms with Crippen LogP contribution in [0.25, 0.3) is 16.6 Å². The van der Waals surface area contributed by atoms with E-state index < -0.39 is 15.8 Å². The summed E-state index contributed by atoms with van der Waals surface area (Å²) in [5.41, 5.74) is 0.982. The summed E-state index contributed by atoms with van der Waals surface area (Å²) in [6.07, 6.45) is 0. The Labute approximate surface area is 177 Å². The zero-order valence-electron chi connectivity index (χ0n) is 16.7. The second-order valence-corrected chi connectivity index (χ2v) is 8.45. The highest BCUT2D eigenvalue weighted by Crippen LogP contribution is 2.24. The van der Waals surface area contributed by atoms with Crippen molar-refractivity contribution in [2.45, 2.75) is 11.8 Å². The molecule has 0 saturated heterocycles. The number of para-hydroxylation sites is 1. The molecule has 158 valence electrons. The van der Waals surface area contributed by atoms with E-state index in [4.69, 9.17) is 4.74 Å². The minimum atomic E-state index is -4.06. The summed E-state index contributed by atoms with van der Waals surface area (Å²) in [5, 5.41) is 0.452. The lowest BCUT2D eigenvalue weighted by atomic mass is 10.2. The predicted molar refractivity (Wildman–Crippen MR) is 116 cm³/mol. The SMILES string of the molecule is COc1ccc(S(=O)(=O)Nc2cccc(-n3c(C)nc4ccccc4c3=O)c2)cc1F. The summed E-state index contributed by atoms with van der Waals surface area (Å²) in [5.74, 6) is -0.385. The van der Waals surface area contributed by atoms with Crippen LogP contribution >= 0.6 is 0 Å². The normalized spacial score (nSPS) is 11.5. The summed E-state index contributed by atoms with van der Waals surface area (Å²) in [7, 11) is -2.77. The molecule has 0 amide bonds. The molecule has 0 bridgehead atoms. The molecule has 0 spiro atoms. The molecule has 0 fully saturated rings. The quantitative estimate of drug-likeness (QED) is 0.513. The van der Waals surface area contributed by atoms with Crippen molar-refractivity contribution in [3.05, 3.63) is 88.7 Å². The molecule has 0 saturated carbocycles. The largest absolute Gasteiger partial charge is 0.494 e. The number of aromatic nitrogens is 2. The van der Waals surface area contributed by atoms with Crippen LogP contribution in [0.5, 0.6) is 5.75 Å². The molecular formula is C22H18FN3O4S. The fourth-order valence-electron chi connectivity index (χ4n) is 3.28. The molecule has 0 atom stereocenters. The second kappa shape index (κ2) is 7.84. The third kappa shape index (κ3) is 3.87. The van der Waals surface area contributed by atoms with Gasteiger partial charge in [-0.2, -0.15) is 0 Å². The van der Waals surface area contributed by atoms with Crippen molar-refractivity contribution in [3.8, 4) is 11.4 Å². The number of aryl methyl sites for hydroxylation is 1. The smallest absolute Gasteiger partial charge is 0.265 e. The van der Waals surface area contributed by atoms with Gasteiger partial charge in [-0.25, -0.2) is 17.8 Å². The van der Waals surface area contributed by atoms with Gasteiger partial charge in [0, 0.05) is 0 Å². The van der Waals surface area contributed by atoms with Crippen molar-refractivity contribution in [1.82, 2.24) is 9.55 Å². The number of nitrogens with zero attached hydrogens (tertiary/aromatic N) is 2. The van der Waals surface area contributed by atoms with Gasteiger partial charge in [-0.3, -0.25) is 14.1 Å². The van der Waals surface area contributed by atoms with Crippen LogP contribution < -0.4 is 15.0 Å². The lowest BCUT2D eigenvalue weighted by Crippen LogP contribution is -2.22. The number of benzene rings is 3. The number of rotatable bonds is 5. The monoisotopic (exact) mass is 439 g/mol. The Kier molecular flexibility index (Phi) is 5.20. The van der Waals surface area contributed by atoms with Crippen molar-refractivity contribution in [1.29, 1.82) is 0 Å². The fourth-order valence-corrected chi connectivity index (χ4v) is 4.35. The summed E-state index contributed by atoms with van der Waals surface area (Å²) in [6.45, 7) is 1.70. The number of anilines is 1. The van der Waals surface area contributed by atoms with Gasteiger partial charge in [0.25, 0.3) is 15.6 Å². The third-order valence-corrected chi connectivity index (χ3v) is 6.11. The topological polar surface area (TPSA) is 90.3 Å². The minimum Gasteiger partial charge on any atom is -0.494 e. The Morgan fingerprint density at radius 3 is 2.55 bits per heavy atom. The molecule has 1 N–H and O–H groups in total. The van der Waals surface area contributed by atoms with E-state index in [0.717, 1.165) is 6.07 Å². The average Bonchev–Trinajstić information content (AvgIpc) is 2.73. The number of fused-ring (bicyclic) bond motifs is 1. The summed E-state index contributed by atoms with van der Waals surface area (Å²) in [6, 6.07) is 16.7. The van der Waals surface area contributed by atoms with Gasteiger partial charge >= 0.3 is 0 Å². The van der Waals surface area contributed by atoms with Gasteiger partial charge in [-0.1, -0.05) is 18.2 Å². The van der Waals surface area contributed by atoms with Crippen LogP contribution in [0, 0.1) is 12.7 Å². The maximum absolute atomic E-state index is 14.0. The van der Waals surface area contributed by atoms with E-state index in [1.807, 2.05) is 0 Å². The van der Waals surface area contributed by atoms with Gasteiger partial charge in [0.2, 0.25) is 0 Å². The van der Waals surface area contributed by atoms with Gasteiger partial charge < -0.3 is 4.74 Å². The molecule has 3 aromatic carbocycles. The molecule has 0 unspecified atom stereocenters. The highest BCUT2D eigenvalue weighted by atomic mass is 32.2. The Morgan fingerprint density at radius 2 is 1.81 bits per heavy atom. The molecule has 0 aliphatic carbocycles. The van der Waals surface area contributed by atoms with Crippen LogP contribution in [0.2, 0.25) is 0 Å². The van der Waals surface area contributed by atoms with Crippen molar-refractivity contribution in [2.75, 3.05) is 11.8 Å². The second-order valence-electron chi connectivity index (χ2n) is 6.77. The van der Waals surface area contributed by atoms with Gasteiger partial charge in [-0.15, -0.1) is 0 Å². The Morgan fingerprint density at radius 1 is 1.03 bits per heavy atom. The Hall–Kier alpha value is -3.72. The first-order valence-corrected chi connectivity index (χ1v) is 10.7. The van der Waals surface area contributed by atoms with Gasteiger partial charge in [0.05, 0.1) is 34.3 Å². The zero-order valence-corrected chi connectivity index (χ0v) is 17.5. The molecule has 7 nitrogen and oxygen atoms in total. The first-order valence-electron chi connectivity index (χ1n) is 9.25. The van der Waals surface area contributed by atoms with Crippen LogP contribution in [0.15, 0.2) is 76.4 Å². The maximum Gasteiger partial charge on any atom is 0.265 e. The first kappa shape index (κ1) is 20.5. The molecule has 0 aliphatic rings. The lowest BCUT2D eigenvalue weighted by molar-refractivity contribution is 0.385. The number of hydrogen-bond donors (Lipinski definition) is 1. The molecule has 1 heterocycles. The molecule has 4 rings (SSSR count). The highest BCUT2D eigenvalue weighted by Gasteiger charge is 2.18. The van der Waals surface area contributed by atoms with Crippen molar-refractivity contribution in [3.63, 3.8) is 0 Å². The number of nitrogens with one attached hydrogen (secondary N) is 1. The van der Waals surface area contributed by atoms with E-state index in [9.17, 15) is 17.6 Å². The van der Waals surface area contributed by atoms with Crippen LogP contribution in [-0.2, 0) is 10.0 Å². The Balaban J connectivity index is 1.74. The number of hydrogen-bond acceptors (Lipinski definition) is 5. The molecule has 9 heteroatoms. The summed E-state index contributed by atoms with van der Waals surface area (Å²) in [4.78, 5) is 17.2. The predicted octanol–water partition coefficient (Wildman–Crippen LogP) is 3.64. The van der Waals surface area contributed by atoms with Crippen molar-refractivity contribution in [2.24, 2.45) is 0 Å². The van der Waals surface area contributed by atoms with Crippen LogP contribution in [-0.4, -0.2) is 25.1 Å². The molecule has 31 heavy (non-hydrogen) atoms. The Bertz CT molecular complexity index is 1470. The third-order valence-electron chi connectivity index (χ3n) is 4.73. The average molecular weight is 439 g/mol. The lowest BCUT2D eigenvalue weighted by Gasteiger charge is -2.13. The van der Waals surface area contributed by atoms with E-state index in [-0.39, 0.29) is 21.9 Å². The van der Waals surface area contributed by atoms with Crippen LogP contribution in [0.1, 0.15) is 5.82 Å². The highest BCUT2D eigenvalue weighted by molar-refractivity contribution is 7.92. The fraction of sp³-hybridized carbons (Fsp3) is 0.0909. The molecular weight excluding hydrogens is 421 g/mol. The van der Waals surface area contributed by atoms with Crippen LogP contribution in [0.3, 0.4) is 0 Å². The van der Waals surface area contributed by atoms with Gasteiger partial charge in [0.15, 0.2) is 11.6 Å². The number of halogens is 1. The van der Waals surface area contributed by atoms with Crippen molar-refractivity contribution < 1.29 is 17.5 Å². The first-order chi connectivity index (χ1) is 14.8. The number of methoxy groups -OCH3 is 1. The van der Waals surface area contributed by atoms with Gasteiger partial charge in [-0.05, 0) is 55.5 Å². The van der Waals surface area contributed by atoms with E-state index in [1.165, 1.54) is 35.9 Å². The summed E-state index contributed by atoms with van der Waals surface area (Å²) >= 11 is 0. The zero-order chi connectivity index (χ0) is 22.2. The molecule has 0 radical (unpaired) electrons. The van der Waals surface area contributed by atoms with Crippen LogP contribution in [0.4, 0.5) is 10.1 Å². The van der Waals surface area contributed by atoms with E-state index in [1.54, 1.807) is 43.3 Å². The standard InChI is InChI=1S/C22H18FN3O4S/c1-14-24-20-9-4-3-8-18(20)22(27)26(14)16-7-5-6-15(12-16)25-31(28,29)17-10-11-21(30-2)19(23)13-17/h3-13,25H,1-2H3. The number of ether oxygens (including phenoxy) is 1. The summed E-state index contributed by atoms with van der Waals surface area (Å²) < 4.78 is 48.0. The van der Waals surface area contributed by atoms with E-state index >= 15 is 0 Å². The molecule has 4 aromatic rings. The molecule has 0 aliphatic heterocycles. The maximum atomic E-state index is 14.0. The van der Waals surface area contributed by atoms with E-state index in [2.05, 4.69) is 9.71 Å². The van der Waals surface area contributed by atoms with Crippen molar-refractivity contribution >= 4 is 26.6 Å². The number of sulfonamides is 1. The van der Waals surface area contributed by atoms with Gasteiger partial charge in [0.1, 0.15) is 5.82 Å². The minimum absolute atomic E-state index is 0.0559. The molecule has 1 aromatic heterocycles. The van der Waals surface area contributed by atoms with E-state index in [0.29, 0.717) is 22.4 Å².